The second-order valence-corrected chi connectivity index (χ2v) is 11.0. The molecule has 1 aromatic rings. The summed E-state index contributed by atoms with van der Waals surface area (Å²) in [5, 5.41) is 13.9. The molecule has 9 heteroatoms. The predicted molar refractivity (Wildman–Crippen MR) is 126 cm³/mol. The second kappa shape index (κ2) is 17.9. The van der Waals surface area contributed by atoms with E-state index in [1.165, 1.54) is 64.7 Å². The molecule has 0 aromatic carbocycles. The van der Waals surface area contributed by atoms with Crippen LogP contribution in [-0.2, 0) is 25.8 Å². The number of aryl methyl sites for hydroxylation is 1. The third-order valence-corrected chi connectivity index (χ3v) is 7.28. The van der Waals surface area contributed by atoms with Crippen LogP contribution < -0.4 is 0 Å². The minimum Gasteiger partial charge on any atom is -0.300 e. The van der Waals surface area contributed by atoms with Crippen LogP contribution in [0.5, 0.6) is 0 Å². The first-order valence-electron chi connectivity index (χ1n) is 12.3. The molecule has 0 aliphatic rings. The molecule has 1 aromatic heterocycles. The topological polar surface area (TPSA) is 123 Å². The Morgan fingerprint density at radius 1 is 0.750 bits per heavy atom. The van der Waals surface area contributed by atoms with Gasteiger partial charge in [-0.25, -0.2) is 8.42 Å². The number of rotatable bonds is 22. The molecule has 1 rings (SSSR count). The molecule has 0 radical (unpaired) electrons. The fraction of sp³-hybridized carbons (Fsp3) is 0.870. The summed E-state index contributed by atoms with van der Waals surface area (Å²) in [6, 6.07) is 0. The van der Waals surface area contributed by atoms with Crippen LogP contribution in [0.1, 0.15) is 115 Å². The number of carbonyl (C=O) groups excluding carboxylic acids is 2. The number of Topliss-reactive ketones (excluding diaryl/α,β-unsaturated/α-hetero) is 2. The van der Waals surface area contributed by atoms with Gasteiger partial charge in [-0.2, -0.15) is 5.21 Å². The zero-order chi connectivity index (χ0) is 23.5. The van der Waals surface area contributed by atoms with Gasteiger partial charge in [0.05, 0.1) is 5.75 Å². The highest BCUT2D eigenvalue weighted by Crippen LogP contribution is 2.13. The van der Waals surface area contributed by atoms with E-state index in [1.54, 1.807) is 0 Å². The summed E-state index contributed by atoms with van der Waals surface area (Å²) >= 11 is 0. The number of aromatic amines is 1. The third-order valence-electron chi connectivity index (χ3n) is 5.61. The smallest absolute Gasteiger partial charge is 0.174 e. The average molecular weight is 471 g/mol. The van der Waals surface area contributed by atoms with Gasteiger partial charge in [0.2, 0.25) is 0 Å². The molecule has 0 aliphatic heterocycles. The van der Waals surface area contributed by atoms with Crippen molar-refractivity contribution in [3.8, 4) is 0 Å². The van der Waals surface area contributed by atoms with Crippen molar-refractivity contribution in [1.29, 1.82) is 0 Å². The maximum atomic E-state index is 11.9. The van der Waals surface area contributed by atoms with Crippen LogP contribution in [0, 0.1) is 0 Å². The van der Waals surface area contributed by atoms with Gasteiger partial charge in [-0.1, -0.05) is 75.8 Å². The zero-order valence-corrected chi connectivity index (χ0v) is 20.6. The Bertz CT molecular complexity index is 720. The van der Waals surface area contributed by atoms with Crippen LogP contribution in [0.3, 0.4) is 0 Å². The van der Waals surface area contributed by atoms with Crippen molar-refractivity contribution < 1.29 is 18.0 Å². The van der Waals surface area contributed by atoms with Gasteiger partial charge >= 0.3 is 0 Å². The summed E-state index contributed by atoms with van der Waals surface area (Å²) in [6.45, 7) is 1.45. The lowest BCUT2D eigenvalue weighted by atomic mass is 10.0. The molecule has 32 heavy (non-hydrogen) atoms. The first kappa shape index (κ1) is 28.4. The number of unbranched alkanes of at least 4 members (excludes halogenated alkanes) is 12. The highest BCUT2D eigenvalue weighted by atomic mass is 32.2. The molecule has 0 bridgehead atoms. The Kier molecular flexibility index (Phi) is 15.8. The fourth-order valence-electron chi connectivity index (χ4n) is 3.77. The number of sulfone groups is 1. The highest BCUT2D eigenvalue weighted by Gasteiger charge is 2.16. The van der Waals surface area contributed by atoms with Crippen molar-refractivity contribution in [3.63, 3.8) is 0 Å². The van der Waals surface area contributed by atoms with E-state index in [4.69, 9.17) is 0 Å². The number of hydrogen-bond donors (Lipinski definition) is 1. The van der Waals surface area contributed by atoms with Crippen LogP contribution in [0.25, 0.3) is 0 Å². The SMILES string of the molecule is CC(=O)CCCS(=O)(=O)CC(=O)CCCCCCCCCCCCCCCc1nn[nH]n1. The molecule has 0 aliphatic carbocycles. The molecule has 0 atom stereocenters. The van der Waals surface area contributed by atoms with Crippen molar-refractivity contribution in [2.75, 3.05) is 11.5 Å². The van der Waals surface area contributed by atoms with Crippen molar-refractivity contribution in [2.24, 2.45) is 0 Å². The van der Waals surface area contributed by atoms with Gasteiger partial charge in [-0.05, 0) is 26.2 Å². The molecular weight excluding hydrogens is 428 g/mol. The number of nitrogens with one attached hydrogen (secondary N) is 1. The van der Waals surface area contributed by atoms with Gasteiger partial charge in [0, 0.05) is 19.3 Å². The van der Waals surface area contributed by atoms with E-state index in [9.17, 15) is 18.0 Å². The largest absolute Gasteiger partial charge is 0.300 e. The standard InChI is InChI=1S/C23H42N4O4S/c1-21(28)16-15-19-32(30,31)20-22(29)17-13-11-9-7-5-3-2-4-6-8-10-12-14-18-23-24-26-27-25-23/h2-20H2,1H3,(H,24,25,26,27). The summed E-state index contributed by atoms with van der Waals surface area (Å²) in [7, 11) is -3.37. The molecular formula is C23H42N4O4S. The van der Waals surface area contributed by atoms with E-state index >= 15 is 0 Å². The summed E-state index contributed by atoms with van der Waals surface area (Å²) in [6.07, 6.45) is 17.2. The molecule has 0 amide bonds. The Balaban J connectivity index is 1.82. The predicted octanol–water partition coefficient (Wildman–Crippen LogP) is 4.56. The Morgan fingerprint density at radius 3 is 1.78 bits per heavy atom. The van der Waals surface area contributed by atoms with E-state index in [0.717, 1.165) is 37.9 Å². The number of ketones is 2. The van der Waals surface area contributed by atoms with Gasteiger partial charge in [0.25, 0.3) is 0 Å². The van der Waals surface area contributed by atoms with Crippen molar-refractivity contribution in [3.05, 3.63) is 5.82 Å². The molecule has 0 fully saturated rings. The quantitative estimate of drug-likeness (QED) is 0.246. The van der Waals surface area contributed by atoms with Crippen LogP contribution in [-0.4, -0.2) is 52.1 Å². The average Bonchev–Trinajstić information content (AvgIpc) is 3.23. The lowest BCUT2D eigenvalue weighted by Gasteiger charge is -2.04. The third kappa shape index (κ3) is 17.0. The van der Waals surface area contributed by atoms with Gasteiger partial charge in [-0.15, -0.1) is 10.2 Å². The van der Waals surface area contributed by atoms with Crippen molar-refractivity contribution in [2.45, 2.75) is 116 Å². The molecule has 0 saturated carbocycles. The monoisotopic (exact) mass is 470 g/mol. The van der Waals surface area contributed by atoms with E-state index in [1.807, 2.05) is 0 Å². The molecule has 184 valence electrons. The normalized spacial score (nSPS) is 11.7. The van der Waals surface area contributed by atoms with E-state index < -0.39 is 9.84 Å². The number of hydrogen-bond acceptors (Lipinski definition) is 7. The summed E-state index contributed by atoms with van der Waals surface area (Å²) < 4.78 is 23.7. The first-order valence-corrected chi connectivity index (χ1v) is 14.1. The van der Waals surface area contributed by atoms with E-state index in [2.05, 4.69) is 20.6 Å². The number of H-pyrrole nitrogens is 1. The van der Waals surface area contributed by atoms with Crippen molar-refractivity contribution >= 4 is 21.4 Å². The Hall–Kier alpha value is -1.64. The summed E-state index contributed by atoms with van der Waals surface area (Å²) in [5.41, 5.74) is 0. The maximum absolute atomic E-state index is 11.9. The molecule has 0 saturated heterocycles. The maximum Gasteiger partial charge on any atom is 0.174 e. The number of aromatic nitrogens is 4. The first-order chi connectivity index (χ1) is 15.4. The number of nitrogens with zero attached hydrogens (tertiary/aromatic N) is 3. The molecule has 8 nitrogen and oxygen atoms in total. The van der Waals surface area contributed by atoms with Gasteiger partial charge in [-0.3, -0.25) is 4.79 Å². The van der Waals surface area contributed by atoms with Crippen LogP contribution in [0.2, 0.25) is 0 Å². The Morgan fingerprint density at radius 2 is 1.28 bits per heavy atom. The van der Waals surface area contributed by atoms with E-state index in [0.29, 0.717) is 12.8 Å². The van der Waals surface area contributed by atoms with E-state index in [-0.39, 0.29) is 29.5 Å². The molecule has 1 N–H and O–H groups in total. The van der Waals surface area contributed by atoms with Crippen LogP contribution >= 0.6 is 0 Å². The molecule has 0 spiro atoms. The minimum absolute atomic E-state index is 0.0177. The summed E-state index contributed by atoms with van der Waals surface area (Å²) in [5.74, 6) is 0.157. The van der Waals surface area contributed by atoms with Crippen LogP contribution in [0.15, 0.2) is 0 Å². The lowest BCUT2D eigenvalue weighted by Crippen LogP contribution is -2.19. The fourth-order valence-corrected chi connectivity index (χ4v) is 5.13. The van der Waals surface area contributed by atoms with Gasteiger partial charge in [0.1, 0.15) is 17.3 Å². The second-order valence-electron chi connectivity index (χ2n) is 8.86. The Labute approximate surface area is 193 Å². The van der Waals surface area contributed by atoms with Gasteiger partial charge < -0.3 is 4.79 Å². The van der Waals surface area contributed by atoms with Gasteiger partial charge in [0.15, 0.2) is 15.7 Å². The lowest BCUT2D eigenvalue weighted by molar-refractivity contribution is -0.117. The highest BCUT2D eigenvalue weighted by molar-refractivity contribution is 7.92. The number of carbonyl (C=O) groups is 2. The van der Waals surface area contributed by atoms with Crippen LogP contribution in [0.4, 0.5) is 0 Å². The minimum atomic E-state index is -3.37. The summed E-state index contributed by atoms with van der Waals surface area (Å²) in [4.78, 5) is 22.7. The number of tetrazole rings is 1. The molecule has 1 heterocycles. The molecule has 0 unspecified atom stereocenters. The van der Waals surface area contributed by atoms with Crippen molar-refractivity contribution in [1.82, 2.24) is 20.6 Å². The zero-order valence-electron chi connectivity index (χ0n) is 19.8.